The molecule has 0 aromatic heterocycles. The van der Waals surface area contributed by atoms with E-state index in [0.29, 0.717) is 5.56 Å². The summed E-state index contributed by atoms with van der Waals surface area (Å²) >= 11 is 0. The molecule has 19 N–H and O–H groups in total. The highest BCUT2D eigenvalue weighted by Gasteiger charge is 2.36. The van der Waals surface area contributed by atoms with E-state index in [1.165, 1.54) is 13.8 Å². The maximum absolute atomic E-state index is 14.2. The summed E-state index contributed by atoms with van der Waals surface area (Å²) < 4.78 is 0. The molecule has 1 aliphatic rings. The second-order valence-electron chi connectivity index (χ2n) is 17.4. The number of carbonyl (C=O) groups is 10. The highest BCUT2D eigenvalue weighted by atomic mass is 16.3. The Bertz CT molecular complexity index is 1980. The lowest BCUT2D eigenvalue weighted by Gasteiger charge is -2.28. The van der Waals surface area contributed by atoms with Gasteiger partial charge >= 0.3 is 0 Å². The Hall–Kier alpha value is -6.32. The lowest BCUT2D eigenvalue weighted by atomic mass is 10.00. The van der Waals surface area contributed by atoms with E-state index in [-0.39, 0.29) is 67.6 Å². The van der Waals surface area contributed by atoms with Gasteiger partial charge < -0.3 is 85.7 Å². The molecule has 11 atom stereocenters. The number of nitrogens with two attached hydrogens (primary N) is 3. The summed E-state index contributed by atoms with van der Waals surface area (Å²) in [5.74, 6) is -9.53. The number of rotatable bonds is 18. The van der Waals surface area contributed by atoms with Gasteiger partial charge in [-0.25, -0.2) is 0 Å². The van der Waals surface area contributed by atoms with Crippen LogP contribution in [0.5, 0.6) is 0 Å². The van der Waals surface area contributed by atoms with E-state index in [4.69, 9.17) is 17.2 Å². The van der Waals surface area contributed by atoms with Gasteiger partial charge in [0, 0.05) is 29.9 Å². The summed E-state index contributed by atoms with van der Waals surface area (Å²) in [6, 6.07) is -5.08. The summed E-state index contributed by atoms with van der Waals surface area (Å²) in [7, 11) is 0. The van der Waals surface area contributed by atoms with Crippen LogP contribution in [0.3, 0.4) is 0 Å². The summed E-state index contributed by atoms with van der Waals surface area (Å²) in [5, 5.41) is 55.4. The van der Waals surface area contributed by atoms with E-state index in [0.717, 1.165) is 6.92 Å². The quantitative estimate of drug-likeness (QED) is 0.0653. The first-order valence-corrected chi connectivity index (χ1v) is 23.2. The maximum atomic E-state index is 14.2. The van der Waals surface area contributed by atoms with Crippen molar-refractivity contribution in [1.29, 1.82) is 0 Å². The van der Waals surface area contributed by atoms with Crippen molar-refractivity contribution < 1.29 is 73.3 Å². The number of aliphatic hydroxyl groups excluding tert-OH is 3. The number of hydrogen-bond acceptors (Lipinski definition) is 16. The zero-order valence-electron chi connectivity index (χ0n) is 40.2. The molecule has 0 spiro atoms. The highest BCUT2D eigenvalue weighted by molar-refractivity contribution is 5.98. The third-order valence-corrected chi connectivity index (χ3v) is 10.9. The smallest absolute Gasteiger partial charge is 0.245 e. The van der Waals surface area contributed by atoms with Gasteiger partial charge in [0.25, 0.3) is 0 Å². The highest BCUT2D eigenvalue weighted by Crippen LogP contribution is 2.11. The lowest BCUT2D eigenvalue weighted by molar-refractivity contribution is -0.136. The van der Waals surface area contributed by atoms with Crippen molar-refractivity contribution in [2.45, 2.75) is 140 Å². The third kappa shape index (κ3) is 20.0. The predicted molar refractivity (Wildman–Crippen MR) is 267 cm³/mol. The van der Waals surface area contributed by atoms with Crippen molar-refractivity contribution in [3.8, 4) is 0 Å². The summed E-state index contributed by atoms with van der Waals surface area (Å²) in [6.45, 7) is 5.08. The van der Waals surface area contributed by atoms with Gasteiger partial charge in [0.2, 0.25) is 59.1 Å². The molecule has 10 amide bonds. The van der Waals surface area contributed by atoms with Crippen molar-refractivity contribution in [2.75, 3.05) is 32.8 Å². The molecule has 1 aromatic carbocycles. The molecular formula is C44H87N13O13. The molecule has 1 fully saturated rings. The molecule has 1 aliphatic heterocycles. The van der Waals surface area contributed by atoms with E-state index >= 15 is 0 Å². The minimum atomic E-state index is -1.78. The molecule has 26 heteroatoms. The number of amides is 10. The van der Waals surface area contributed by atoms with Crippen LogP contribution in [0.15, 0.2) is 30.3 Å². The molecule has 2 rings (SSSR count). The topological polar surface area (TPSA) is 430 Å². The molecule has 0 bridgehead atoms. The van der Waals surface area contributed by atoms with Crippen molar-refractivity contribution in [1.82, 2.24) is 53.2 Å². The van der Waals surface area contributed by atoms with Gasteiger partial charge in [0.15, 0.2) is 0 Å². The molecule has 0 unspecified atom stereocenters. The monoisotopic (exact) mass is 1010 g/mol. The minimum Gasteiger partial charge on any atom is -0.394 e. The van der Waals surface area contributed by atoms with Crippen molar-refractivity contribution in [3.63, 3.8) is 0 Å². The molecule has 70 heavy (non-hydrogen) atoms. The van der Waals surface area contributed by atoms with Crippen LogP contribution in [-0.4, -0.2) is 174 Å². The molecule has 1 heterocycles. The Morgan fingerprint density at radius 3 is 1.60 bits per heavy atom. The van der Waals surface area contributed by atoms with E-state index in [1.54, 1.807) is 44.2 Å². The molecule has 1 aromatic rings. The van der Waals surface area contributed by atoms with Gasteiger partial charge in [-0.1, -0.05) is 44.2 Å². The van der Waals surface area contributed by atoms with Gasteiger partial charge in [-0.05, 0) is 77.1 Å². The predicted octanol–water partition coefficient (Wildman–Crippen LogP) is -5.30. The molecule has 406 valence electrons. The molecular weight excluding hydrogens is 919 g/mol. The van der Waals surface area contributed by atoms with Gasteiger partial charge in [-0.2, -0.15) is 0 Å². The molecule has 0 aliphatic carbocycles. The van der Waals surface area contributed by atoms with Crippen LogP contribution >= 0.6 is 0 Å². The molecule has 0 saturated carbocycles. The maximum Gasteiger partial charge on any atom is 0.245 e. The Morgan fingerprint density at radius 2 is 1.13 bits per heavy atom. The number of carbonyl (C=O) groups excluding carboxylic acids is 10. The Kier molecular flexibility index (Phi) is 25.9. The average molecular weight is 1010 g/mol. The van der Waals surface area contributed by atoms with Crippen molar-refractivity contribution in [2.24, 2.45) is 23.1 Å². The van der Waals surface area contributed by atoms with Crippen molar-refractivity contribution >= 4 is 59.1 Å². The zero-order chi connectivity index (χ0) is 52.7. The van der Waals surface area contributed by atoms with Gasteiger partial charge in [0.1, 0.15) is 54.4 Å². The zero-order valence-corrected chi connectivity index (χ0v) is 40.2. The first kappa shape index (κ1) is 59.8. The lowest BCUT2D eigenvalue weighted by Crippen LogP contribution is -2.61. The van der Waals surface area contributed by atoms with Crippen LogP contribution in [-0.2, 0) is 54.4 Å². The van der Waals surface area contributed by atoms with Crippen molar-refractivity contribution in [3.05, 3.63) is 35.9 Å². The van der Waals surface area contributed by atoms with Crippen LogP contribution in [0.2, 0.25) is 0 Å². The largest absolute Gasteiger partial charge is 0.394 e. The number of aliphatic hydroxyl groups is 3. The standard InChI is InChI=1S/C44H73N13O13.7H2/c1-22(2)19-31-40(66)52-27(11-15-45)36(62)51-29(13-17-47)39(65)57-34(23(3)59)43(69)48-18-14-30(53-42(68)33(21-58)56-44(70)35(24(4)60)49-25(5)61)38(64)50-28(12-16-46)37(63)55-32(41(67)54-31)20-26-9-7-6-8-10-26;;;;;;;/h6-10,22-24,27-35,58-60H,11-21,45-47H2,1-5H3,(H,48,69)(H,49,61)(H,50,64)(H,51,62)(H,52,66)(H,53,68)(H,54,67)(H,55,63)(H,56,70)(H,57,65);7*1H/t23-,24-,27+,28+,29+,30+,31+,32-,33-,34+,35+;;;;;;;/m1......./s1. The SMILES string of the molecule is CC(=O)N[C@H](C(=O)N[C@H](CO)C(=O)N[C@H]1CCNC(=O)[C@H]([C@@H](C)O)NC(=O)[C@H](CCN)NC(=O)[C@H](CCN)NC(=O)[C@H](CC(C)C)NC(=O)[C@@H](Cc2ccccc2)NC(=O)[C@H](CCN)NC1=O)[C@@H](C)O.[HH].[HH].[HH].[HH].[HH].[HH].[HH]. The fourth-order valence-corrected chi connectivity index (χ4v) is 7.16. The van der Waals surface area contributed by atoms with Crippen LogP contribution < -0.4 is 70.4 Å². The van der Waals surface area contributed by atoms with Gasteiger partial charge in [-0.15, -0.1) is 0 Å². The number of hydrogen-bond donors (Lipinski definition) is 16. The third-order valence-electron chi connectivity index (χ3n) is 10.9. The minimum absolute atomic E-state index is 0. The Morgan fingerprint density at radius 1 is 0.657 bits per heavy atom. The van der Waals surface area contributed by atoms with Crippen LogP contribution in [0.25, 0.3) is 0 Å². The Labute approximate surface area is 416 Å². The average Bonchev–Trinajstić information content (AvgIpc) is 3.29. The van der Waals surface area contributed by atoms with Gasteiger partial charge in [0.05, 0.1) is 18.8 Å². The molecule has 26 nitrogen and oxygen atoms in total. The van der Waals surface area contributed by atoms with E-state index in [9.17, 15) is 63.3 Å². The first-order chi connectivity index (χ1) is 33.1. The first-order valence-electron chi connectivity index (χ1n) is 23.2. The second-order valence-corrected chi connectivity index (χ2v) is 17.4. The van der Waals surface area contributed by atoms with E-state index < -0.39 is 145 Å². The normalized spacial score (nSPS) is 24.4. The fourth-order valence-electron chi connectivity index (χ4n) is 7.16. The fraction of sp³-hybridized carbons (Fsp3) is 0.636. The summed E-state index contributed by atoms with van der Waals surface area (Å²) in [6.07, 6.45) is -4.04. The second kappa shape index (κ2) is 30.3. The van der Waals surface area contributed by atoms with Crippen LogP contribution in [0, 0.1) is 5.92 Å². The molecule has 0 radical (unpaired) electrons. The van der Waals surface area contributed by atoms with Gasteiger partial charge in [-0.3, -0.25) is 47.9 Å². The Balaban J connectivity index is -0.00000180. The molecule has 1 saturated heterocycles. The summed E-state index contributed by atoms with van der Waals surface area (Å²) in [5.41, 5.74) is 18.1. The summed E-state index contributed by atoms with van der Waals surface area (Å²) in [4.78, 5) is 136. The van der Waals surface area contributed by atoms with E-state index in [2.05, 4.69) is 53.2 Å². The number of nitrogens with one attached hydrogen (secondary N) is 10. The van der Waals surface area contributed by atoms with E-state index in [1.807, 2.05) is 0 Å². The number of benzene rings is 1. The van der Waals surface area contributed by atoms with Crippen LogP contribution in [0.4, 0.5) is 0 Å². The van der Waals surface area contributed by atoms with Crippen LogP contribution in [0.1, 0.15) is 82.3 Å².